The number of ether oxygens (including phenoxy) is 2. The number of benzene rings is 2. The number of hydrogen-bond donors (Lipinski definition) is 1. The molecule has 34 heavy (non-hydrogen) atoms. The van der Waals surface area contributed by atoms with Crippen molar-refractivity contribution in [3.8, 4) is 17.4 Å². The molecule has 2 heterocycles. The second-order valence-electron chi connectivity index (χ2n) is 8.93. The third-order valence-corrected chi connectivity index (χ3v) is 6.46. The first kappa shape index (κ1) is 22.7. The fraction of sp³-hybridized carbons (Fsp3) is 0.346. The van der Waals surface area contributed by atoms with Gasteiger partial charge in [-0.2, -0.15) is 0 Å². The van der Waals surface area contributed by atoms with Crippen LogP contribution in [0.2, 0.25) is 0 Å². The van der Waals surface area contributed by atoms with Gasteiger partial charge in [0.15, 0.2) is 0 Å². The lowest BCUT2D eigenvalue weighted by Gasteiger charge is -2.19. The largest absolute Gasteiger partial charge is 0.573 e. The molecule has 1 aliphatic heterocycles. The molecule has 0 radical (unpaired) electrons. The van der Waals surface area contributed by atoms with Crippen LogP contribution >= 0.6 is 0 Å². The molecule has 0 bridgehead atoms. The average molecular weight is 470 g/mol. The highest BCUT2D eigenvalue weighted by atomic mass is 19.4. The summed E-state index contributed by atoms with van der Waals surface area (Å²) in [4.78, 5) is 6.88. The van der Waals surface area contributed by atoms with Crippen molar-refractivity contribution in [3.05, 3.63) is 84.1 Å². The Morgan fingerprint density at radius 1 is 0.912 bits per heavy atom. The maximum absolute atomic E-state index is 12.4. The number of halogens is 3. The van der Waals surface area contributed by atoms with Crippen LogP contribution in [0.1, 0.15) is 11.1 Å². The van der Waals surface area contributed by atoms with Crippen LogP contribution in [0.5, 0.6) is 17.4 Å². The molecule has 2 fully saturated rings. The molecule has 5 nitrogen and oxygen atoms in total. The monoisotopic (exact) mass is 469 g/mol. The van der Waals surface area contributed by atoms with Gasteiger partial charge in [0.05, 0.1) is 0 Å². The zero-order chi connectivity index (χ0) is 23.5. The van der Waals surface area contributed by atoms with Crippen molar-refractivity contribution in [2.24, 2.45) is 17.8 Å². The number of rotatable bonds is 9. The van der Waals surface area contributed by atoms with Gasteiger partial charge >= 0.3 is 6.36 Å². The van der Waals surface area contributed by atoms with E-state index in [0.717, 1.165) is 43.1 Å². The van der Waals surface area contributed by atoms with Gasteiger partial charge in [-0.05, 0) is 59.7 Å². The Labute approximate surface area is 196 Å². The second kappa shape index (κ2) is 9.64. The van der Waals surface area contributed by atoms with E-state index in [9.17, 15) is 13.2 Å². The number of fused-ring (bicyclic) bond motifs is 1. The van der Waals surface area contributed by atoms with Gasteiger partial charge in [0.2, 0.25) is 5.88 Å². The van der Waals surface area contributed by atoms with Crippen LogP contribution in [0.4, 0.5) is 13.2 Å². The van der Waals surface area contributed by atoms with Crippen molar-refractivity contribution in [2.45, 2.75) is 19.5 Å². The van der Waals surface area contributed by atoms with Gasteiger partial charge in [-0.25, -0.2) is 4.98 Å². The molecule has 5 rings (SSSR count). The fourth-order valence-corrected chi connectivity index (χ4v) is 4.84. The first-order valence-electron chi connectivity index (χ1n) is 11.4. The molecule has 2 aliphatic rings. The Balaban J connectivity index is 1.03. The summed E-state index contributed by atoms with van der Waals surface area (Å²) in [5.41, 5.74) is 1.94. The number of nitrogens with zero attached hydrogens (tertiary/aromatic N) is 2. The molecule has 1 saturated heterocycles. The number of piperidine rings is 1. The Morgan fingerprint density at radius 3 is 2.38 bits per heavy atom. The van der Waals surface area contributed by atoms with E-state index < -0.39 is 6.36 Å². The standard InChI is InChI=1S/C26H26F3N3O2/c27-26(28,29)34-21-8-4-5-18(11-21)12-30-14-22-23-16-32(17-24(22)23)15-19-9-10-25(31-13-19)33-20-6-2-1-3-7-20/h1-11,13,22-24,30H,12,14-17H2. The molecular weight excluding hydrogens is 443 g/mol. The minimum atomic E-state index is -4.67. The lowest BCUT2D eigenvalue weighted by atomic mass is 10.2. The quantitative estimate of drug-likeness (QED) is 0.465. The molecule has 1 aliphatic carbocycles. The van der Waals surface area contributed by atoms with E-state index in [1.807, 2.05) is 42.6 Å². The van der Waals surface area contributed by atoms with Crippen LogP contribution < -0.4 is 14.8 Å². The molecule has 1 N–H and O–H groups in total. The first-order chi connectivity index (χ1) is 16.4. The molecule has 1 saturated carbocycles. The number of hydrogen-bond acceptors (Lipinski definition) is 5. The Morgan fingerprint density at radius 2 is 1.68 bits per heavy atom. The lowest BCUT2D eigenvalue weighted by Crippen LogP contribution is -2.27. The summed E-state index contributed by atoms with van der Waals surface area (Å²) < 4.78 is 46.9. The zero-order valence-corrected chi connectivity index (χ0v) is 18.5. The number of aromatic nitrogens is 1. The lowest BCUT2D eigenvalue weighted by molar-refractivity contribution is -0.274. The van der Waals surface area contributed by atoms with Crippen LogP contribution in [0.25, 0.3) is 0 Å². The topological polar surface area (TPSA) is 46.6 Å². The van der Waals surface area contributed by atoms with Crippen molar-refractivity contribution in [1.29, 1.82) is 0 Å². The van der Waals surface area contributed by atoms with Gasteiger partial charge in [0.1, 0.15) is 11.5 Å². The number of pyridine rings is 1. The van der Waals surface area contributed by atoms with Gasteiger partial charge in [-0.1, -0.05) is 36.4 Å². The van der Waals surface area contributed by atoms with Crippen LogP contribution in [0.3, 0.4) is 0 Å². The van der Waals surface area contributed by atoms with E-state index in [4.69, 9.17) is 4.74 Å². The van der Waals surface area contributed by atoms with Crippen molar-refractivity contribution < 1.29 is 22.6 Å². The van der Waals surface area contributed by atoms with Gasteiger partial charge in [-0.15, -0.1) is 13.2 Å². The summed E-state index contributed by atoms with van der Waals surface area (Å²) in [6, 6.07) is 19.7. The summed E-state index contributed by atoms with van der Waals surface area (Å²) in [6.45, 7) is 4.40. The number of likely N-dealkylation sites (tertiary alicyclic amines) is 1. The zero-order valence-electron chi connectivity index (χ0n) is 18.5. The highest BCUT2D eigenvalue weighted by Crippen LogP contribution is 2.51. The normalized spacial score (nSPS) is 21.8. The molecule has 2 unspecified atom stereocenters. The SMILES string of the molecule is FC(F)(F)Oc1cccc(CNCC2C3CN(Cc4ccc(Oc5ccccc5)nc4)CC23)c1. The highest BCUT2D eigenvalue weighted by molar-refractivity contribution is 5.29. The first-order valence-corrected chi connectivity index (χ1v) is 11.4. The Bertz CT molecular complexity index is 1080. The fourth-order valence-electron chi connectivity index (χ4n) is 4.84. The molecule has 2 atom stereocenters. The van der Waals surface area contributed by atoms with E-state index in [2.05, 4.69) is 26.0 Å². The van der Waals surface area contributed by atoms with Gasteiger partial charge in [0.25, 0.3) is 0 Å². The van der Waals surface area contributed by atoms with Crippen LogP contribution in [-0.2, 0) is 13.1 Å². The molecule has 3 aromatic rings. The molecule has 2 aromatic carbocycles. The molecular formula is C26H26F3N3O2. The van der Waals surface area contributed by atoms with Gasteiger partial charge in [0, 0.05) is 38.4 Å². The summed E-state index contributed by atoms with van der Waals surface area (Å²) in [5.74, 6) is 3.16. The molecule has 8 heteroatoms. The maximum Gasteiger partial charge on any atom is 0.573 e. The van der Waals surface area contributed by atoms with E-state index >= 15 is 0 Å². The van der Waals surface area contributed by atoms with Crippen LogP contribution in [0.15, 0.2) is 72.9 Å². The van der Waals surface area contributed by atoms with Gasteiger partial charge in [-0.3, -0.25) is 4.90 Å². The minimum absolute atomic E-state index is 0.181. The summed E-state index contributed by atoms with van der Waals surface area (Å²) in [5, 5.41) is 3.39. The summed E-state index contributed by atoms with van der Waals surface area (Å²) in [7, 11) is 0. The smallest absolute Gasteiger partial charge is 0.439 e. The predicted octanol–water partition coefficient (Wildman–Crippen LogP) is 5.24. The predicted molar refractivity (Wildman–Crippen MR) is 121 cm³/mol. The third-order valence-electron chi connectivity index (χ3n) is 6.46. The highest BCUT2D eigenvalue weighted by Gasteiger charge is 2.54. The number of para-hydroxylation sites is 1. The summed E-state index contributed by atoms with van der Waals surface area (Å²) >= 11 is 0. The number of nitrogens with one attached hydrogen (secondary N) is 1. The molecule has 0 spiro atoms. The van der Waals surface area contributed by atoms with Crippen molar-refractivity contribution in [1.82, 2.24) is 15.2 Å². The molecule has 0 amide bonds. The molecule has 178 valence electrons. The Kier molecular flexibility index (Phi) is 6.43. The minimum Gasteiger partial charge on any atom is -0.439 e. The van der Waals surface area contributed by atoms with E-state index in [1.54, 1.807) is 12.1 Å². The summed E-state index contributed by atoms with van der Waals surface area (Å²) in [6.07, 6.45) is -2.80. The van der Waals surface area contributed by atoms with E-state index in [-0.39, 0.29) is 5.75 Å². The van der Waals surface area contributed by atoms with Crippen LogP contribution in [-0.4, -0.2) is 35.9 Å². The second-order valence-corrected chi connectivity index (χ2v) is 8.93. The molecule has 1 aromatic heterocycles. The average Bonchev–Trinajstić information content (AvgIpc) is 3.25. The van der Waals surface area contributed by atoms with Gasteiger partial charge < -0.3 is 14.8 Å². The maximum atomic E-state index is 12.4. The van der Waals surface area contributed by atoms with Crippen molar-refractivity contribution in [2.75, 3.05) is 19.6 Å². The van der Waals surface area contributed by atoms with Crippen molar-refractivity contribution in [3.63, 3.8) is 0 Å². The Hall–Kier alpha value is -3.10. The van der Waals surface area contributed by atoms with E-state index in [0.29, 0.717) is 30.2 Å². The van der Waals surface area contributed by atoms with E-state index in [1.165, 1.54) is 12.1 Å². The third kappa shape index (κ3) is 5.87. The number of alkyl halides is 3. The van der Waals surface area contributed by atoms with Crippen LogP contribution in [0, 0.1) is 17.8 Å². The van der Waals surface area contributed by atoms with Crippen molar-refractivity contribution >= 4 is 0 Å².